The van der Waals surface area contributed by atoms with Gasteiger partial charge >= 0.3 is 0 Å². The van der Waals surface area contributed by atoms with E-state index in [0.29, 0.717) is 0 Å². The Labute approximate surface area is 64.4 Å². The lowest BCUT2D eigenvalue weighted by molar-refractivity contribution is -0.249. The molecule has 1 rings (SSSR count). The van der Waals surface area contributed by atoms with Crippen LogP contribution in [0.2, 0.25) is 0 Å². The first-order valence-corrected chi connectivity index (χ1v) is 3.49. The van der Waals surface area contributed by atoms with Crippen molar-refractivity contribution in [1.29, 1.82) is 0 Å². The minimum Gasteiger partial charge on any atom is -0.388 e. The maximum atomic E-state index is 9.17. The van der Waals surface area contributed by atoms with Crippen LogP contribution < -0.4 is 5.73 Å². The third-order valence-corrected chi connectivity index (χ3v) is 1.93. The lowest BCUT2D eigenvalue weighted by atomic mass is 9.98. The molecule has 0 bridgehead atoms. The molecule has 1 fully saturated rings. The van der Waals surface area contributed by atoms with Crippen LogP contribution >= 0.6 is 0 Å². The molecule has 0 aromatic carbocycles. The van der Waals surface area contributed by atoms with Crippen molar-refractivity contribution in [2.75, 3.05) is 0 Å². The number of aliphatic hydroxyl groups excluding tert-OH is 3. The molecule has 1 heterocycles. The third kappa shape index (κ3) is 1.52. The van der Waals surface area contributed by atoms with Gasteiger partial charge in [0.05, 0.1) is 12.1 Å². The predicted molar refractivity (Wildman–Crippen MR) is 36.5 cm³/mol. The van der Waals surface area contributed by atoms with Crippen molar-refractivity contribution in [3.8, 4) is 0 Å². The van der Waals surface area contributed by atoms with Gasteiger partial charge in [-0.05, 0) is 6.92 Å². The van der Waals surface area contributed by atoms with Gasteiger partial charge < -0.3 is 25.8 Å². The first-order chi connectivity index (χ1) is 5.04. The first kappa shape index (κ1) is 8.89. The van der Waals surface area contributed by atoms with Crippen molar-refractivity contribution in [2.45, 2.75) is 37.6 Å². The number of rotatable bonds is 0. The topological polar surface area (TPSA) is 95.9 Å². The van der Waals surface area contributed by atoms with Crippen molar-refractivity contribution in [3.63, 3.8) is 0 Å². The van der Waals surface area contributed by atoms with Crippen LogP contribution in [0.3, 0.4) is 0 Å². The fraction of sp³-hybridized carbons (Fsp3) is 1.00. The number of hydrogen-bond donors (Lipinski definition) is 4. The molecule has 66 valence electrons. The van der Waals surface area contributed by atoms with Crippen molar-refractivity contribution >= 4 is 0 Å². The summed E-state index contributed by atoms with van der Waals surface area (Å²) in [5.41, 5.74) is 5.43. The van der Waals surface area contributed by atoms with E-state index in [4.69, 9.17) is 20.7 Å². The molecule has 0 aromatic heterocycles. The fourth-order valence-electron chi connectivity index (χ4n) is 1.07. The van der Waals surface area contributed by atoms with Crippen LogP contribution in [-0.2, 0) is 4.74 Å². The monoisotopic (exact) mass is 163 g/mol. The van der Waals surface area contributed by atoms with Crippen LogP contribution in [0.5, 0.6) is 0 Å². The van der Waals surface area contributed by atoms with E-state index in [1.54, 1.807) is 6.92 Å². The van der Waals surface area contributed by atoms with E-state index in [1.807, 2.05) is 0 Å². The number of ether oxygens (including phenoxy) is 1. The molecule has 1 aliphatic heterocycles. The van der Waals surface area contributed by atoms with Crippen molar-refractivity contribution in [2.24, 2.45) is 5.73 Å². The van der Waals surface area contributed by atoms with E-state index < -0.39 is 30.6 Å². The van der Waals surface area contributed by atoms with Gasteiger partial charge in [-0.2, -0.15) is 0 Å². The lowest BCUT2D eigenvalue weighted by Gasteiger charge is -2.37. The van der Waals surface area contributed by atoms with E-state index in [0.717, 1.165) is 0 Å². The summed E-state index contributed by atoms with van der Waals surface area (Å²) in [6, 6.07) is -0.645. The standard InChI is InChI=1S/C6H13NO4/c1-2-3(7)4(8)5(9)6(10)11-2/h2-6,8-10H,7H2,1H3/t2-,3+,4+,5-,6?/m0/s1. The summed E-state index contributed by atoms with van der Waals surface area (Å²) < 4.78 is 4.80. The Morgan fingerprint density at radius 2 is 1.73 bits per heavy atom. The van der Waals surface area contributed by atoms with Gasteiger partial charge in [-0.3, -0.25) is 0 Å². The minimum atomic E-state index is -1.33. The largest absolute Gasteiger partial charge is 0.388 e. The Morgan fingerprint density at radius 1 is 1.18 bits per heavy atom. The summed E-state index contributed by atoms with van der Waals surface area (Å²) in [6.45, 7) is 1.63. The maximum absolute atomic E-state index is 9.17. The molecule has 5 heteroatoms. The molecule has 0 radical (unpaired) electrons. The van der Waals surface area contributed by atoms with Crippen LogP contribution in [-0.4, -0.2) is 46.0 Å². The summed E-state index contributed by atoms with van der Waals surface area (Å²) in [6.07, 6.45) is -4.20. The average molecular weight is 163 g/mol. The Hall–Kier alpha value is -0.200. The van der Waals surface area contributed by atoms with Gasteiger partial charge in [0.2, 0.25) is 0 Å². The Bertz CT molecular complexity index is 129. The molecule has 5 atom stereocenters. The van der Waals surface area contributed by atoms with Crippen LogP contribution in [0.25, 0.3) is 0 Å². The molecule has 5 N–H and O–H groups in total. The Kier molecular flexibility index (Phi) is 2.46. The molecule has 0 saturated carbocycles. The molecule has 5 nitrogen and oxygen atoms in total. The van der Waals surface area contributed by atoms with Gasteiger partial charge in [0, 0.05) is 0 Å². The van der Waals surface area contributed by atoms with Gasteiger partial charge in [-0.15, -0.1) is 0 Å². The zero-order valence-corrected chi connectivity index (χ0v) is 6.21. The Morgan fingerprint density at radius 3 is 2.27 bits per heavy atom. The summed E-state index contributed by atoms with van der Waals surface area (Å²) in [4.78, 5) is 0. The van der Waals surface area contributed by atoms with Crippen LogP contribution in [0.1, 0.15) is 6.92 Å². The highest BCUT2D eigenvalue weighted by atomic mass is 16.6. The molecule has 0 spiro atoms. The normalized spacial score (nSPS) is 52.6. The van der Waals surface area contributed by atoms with Gasteiger partial charge in [-0.1, -0.05) is 0 Å². The van der Waals surface area contributed by atoms with Crippen molar-refractivity contribution < 1.29 is 20.1 Å². The highest BCUT2D eigenvalue weighted by Crippen LogP contribution is 2.17. The van der Waals surface area contributed by atoms with Gasteiger partial charge in [0.25, 0.3) is 0 Å². The molecule has 0 amide bonds. The van der Waals surface area contributed by atoms with E-state index in [9.17, 15) is 5.11 Å². The summed E-state index contributed by atoms with van der Waals surface area (Å²) in [5, 5.41) is 27.1. The summed E-state index contributed by atoms with van der Waals surface area (Å²) in [7, 11) is 0. The van der Waals surface area contributed by atoms with E-state index in [1.165, 1.54) is 0 Å². The van der Waals surface area contributed by atoms with Crippen LogP contribution in [0.15, 0.2) is 0 Å². The Balaban J connectivity index is 2.63. The minimum absolute atomic E-state index is 0.441. The van der Waals surface area contributed by atoms with E-state index >= 15 is 0 Å². The van der Waals surface area contributed by atoms with Gasteiger partial charge in [-0.25, -0.2) is 0 Å². The highest BCUT2D eigenvalue weighted by molar-refractivity contribution is 4.89. The number of hydrogen-bond acceptors (Lipinski definition) is 5. The zero-order valence-electron chi connectivity index (χ0n) is 6.21. The lowest BCUT2D eigenvalue weighted by Crippen LogP contribution is -2.60. The second-order valence-corrected chi connectivity index (χ2v) is 2.79. The zero-order chi connectivity index (χ0) is 8.59. The van der Waals surface area contributed by atoms with E-state index in [2.05, 4.69) is 0 Å². The molecule has 1 saturated heterocycles. The number of nitrogens with two attached hydrogens (primary N) is 1. The van der Waals surface area contributed by atoms with Gasteiger partial charge in [0.15, 0.2) is 6.29 Å². The quantitative estimate of drug-likeness (QED) is 0.324. The van der Waals surface area contributed by atoms with Crippen molar-refractivity contribution in [1.82, 2.24) is 0 Å². The molecule has 11 heavy (non-hydrogen) atoms. The number of aliphatic hydroxyl groups is 3. The second-order valence-electron chi connectivity index (χ2n) is 2.79. The summed E-state index contributed by atoms with van der Waals surface area (Å²) >= 11 is 0. The predicted octanol–water partition coefficient (Wildman–Crippen LogP) is -2.23. The highest BCUT2D eigenvalue weighted by Gasteiger charge is 2.39. The first-order valence-electron chi connectivity index (χ1n) is 3.49. The van der Waals surface area contributed by atoms with Gasteiger partial charge in [0.1, 0.15) is 12.2 Å². The molecule has 0 aromatic rings. The molecule has 0 aliphatic carbocycles. The summed E-state index contributed by atoms with van der Waals surface area (Å²) in [5.74, 6) is 0. The fourth-order valence-corrected chi connectivity index (χ4v) is 1.07. The molecular weight excluding hydrogens is 150 g/mol. The average Bonchev–Trinajstić information content (AvgIpc) is 1.97. The second kappa shape index (κ2) is 3.04. The third-order valence-electron chi connectivity index (χ3n) is 1.93. The van der Waals surface area contributed by atoms with Crippen molar-refractivity contribution in [3.05, 3.63) is 0 Å². The molecular formula is C6H13NO4. The smallest absolute Gasteiger partial charge is 0.183 e. The molecule has 1 aliphatic rings. The van der Waals surface area contributed by atoms with E-state index in [-0.39, 0.29) is 0 Å². The van der Waals surface area contributed by atoms with Crippen LogP contribution in [0.4, 0.5) is 0 Å². The SMILES string of the molecule is C[C@@H]1OC(O)[C@@H](O)[C@H](O)[C@@H]1N. The molecule has 1 unspecified atom stereocenters. The maximum Gasteiger partial charge on any atom is 0.183 e. The van der Waals surface area contributed by atoms with Crippen LogP contribution in [0, 0.1) is 0 Å².